The van der Waals surface area contributed by atoms with Crippen LogP contribution in [0.2, 0.25) is 0 Å². The van der Waals surface area contributed by atoms with Crippen LogP contribution in [-0.2, 0) is 22.4 Å². The zero-order chi connectivity index (χ0) is 58.1. The van der Waals surface area contributed by atoms with Gasteiger partial charge in [-0.25, -0.2) is 0 Å². The molecule has 6 heterocycles. The van der Waals surface area contributed by atoms with Crippen molar-refractivity contribution in [2.45, 2.75) is 156 Å². The molecule has 4 aliphatic heterocycles. The zero-order valence-electron chi connectivity index (χ0n) is 50.3. The van der Waals surface area contributed by atoms with Gasteiger partial charge in [0.2, 0.25) is 0 Å². The molecule has 0 spiro atoms. The van der Waals surface area contributed by atoms with Crippen LogP contribution >= 0.6 is 0 Å². The van der Waals surface area contributed by atoms with Gasteiger partial charge in [0.1, 0.15) is 0 Å². The molecule has 0 saturated heterocycles. The molecule has 2 saturated carbocycles. The lowest BCUT2D eigenvalue weighted by atomic mass is 9.81. The number of benzene rings is 2. The predicted octanol–water partition coefficient (Wildman–Crippen LogP) is 11.8. The van der Waals surface area contributed by atoms with Gasteiger partial charge in [0, 0.05) is 135 Å². The van der Waals surface area contributed by atoms with Crippen LogP contribution in [0.25, 0.3) is 22.3 Å². The Morgan fingerprint density at radius 2 is 0.841 bits per heavy atom. The number of Topliss-reactive ketones (excluding diaryl/α,β-unsaturated/α-hetero) is 2. The van der Waals surface area contributed by atoms with Gasteiger partial charge in [0.25, 0.3) is 23.4 Å². The number of carbonyl (C=O) groups is 4. The third-order valence-electron chi connectivity index (χ3n) is 19.4. The molecule has 2 aromatic heterocycles. The number of rotatable bonds is 10. The van der Waals surface area contributed by atoms with Crippen LogP contribution in [0.5, 0.6) is 23.0 Å². The SMILES string of the molecule is CC1=CC(C)=C(CN2CCc3c(c(C)c4c(c3-c3ccncc3)O[C@@](C)(C3CCC(N(C)C)CC3)O4)C2=O)C(=O)C1.CC1=CC(C)=C(CN2CCc3c(c(C)c4c(c3-c3ccncc3)O[C@](C)(C3CCC(N(C)C)CC3)O4)C2=O)C(=O)C1. The van der Waals surface area contributed by atoms with Crippen molar-refractivity contribution in [3.63, 3.8) is 0 Å². The maximum atomic E-state index is 14.2. The Bertz CT molecular complexity index is 3160. The predicted molar refractivity (Wildman–Crippen MR) is 318 cm³/mol. The van der Waals surface area contributed by atoms with Crippen molar-refractivity contribution in [1.82, 2.24) is 29.6 Å². The van der Waals surface area contributed by atoms with E-state index in [1.165, 1.54) is 0 Å². The lowest BCUT2D eigenvalue weighted by molar-refractivity contribution is -0.123. The summed E-state index contributed by atoms with van der Waals surface area (Å²) in [5.74, 6) is 1.87. The second kappa shape index (κ2) is 22.4. The highest BCUT2D eigenvalue weighted by Crippen LogP contribution is 2.57. The molecule has 4 aliphatic carbocycles. The number of aromatic nitrogens is 2. The number of ketones is 2. The van der Waals surface area contributed by atoms with E-state index in [4.69, 9.17) is 18.9 Å². The molecular weight excluding hydrogens is 1030 g/mol. The molecule has 4 aromatic rings. The molecule has 0 radical (unpaired) electrons. The number of carbonyl (C=O) groups excluding carboxylic acids is 4. The summed E-state index contributed by atoms with van der Waals surface area (Å²) in [6.45, 7) is 17.7. The molecule has 2 amide bonds. The number of pyridine rings is 2. The Kier molecular flexibility index (Phi) is 15.5. The third kappa shape index (κ3) is 10.4. The second-order valence-corrected chi connectivity index (χ2v) is 25.3. The molecule has 0 bridgehead atoms. The summed E-state index contributed by atoms with van der Waals surface area (Å²) < 4.78 is 27.2. The lowest BCUT2D eigenvalue weighted by Gasteiger charge is -2.39. The van der Waals surface area contributed by atoms with E-state index in [0.29, 0.717) is 86.6 Å². The highest BCUT2D eigenvalue weighted by molar-refractivity contribution is 6.06. The number of fused-ring (bicyclic) bond motifs is 4. The summed E-state index contributed by atoms with van der Waals surface area (Å²) in [7, 11) is 8.61. The monoisotopic (exact) mass is 1110 g/mol. The smallest absolute Gasteiger partial charge is 0.254 e. The third-order valence-corrected chi connectivity index (χ3v) is 19.4. The van der Waals surface area contributed by atoms with Gasteiger partial charge in [-0.05, 0) is 192 Å². The fourth-order valence-corrected chi connectivity index (χ4v) is 14.7. The van der Waals surface area contributed by atoms with Gasteiger partial charge < -0.3 is 38.5 Å². The molecule has 0 unspecified atom stereocenters. The lowest BCUT2D eigenvalue weighted by Crippen LogP contribution is -2.46. The summed E-state index contributed by atoms with van der Waals surface area (Å²) in [6.07, 6.45) is 22.0. The first kappa shape index (κ1) is 56.9. The summed E-state index contributed by atoms with van der Waals surface area (Å²) in [5, 5.41) is 0. The fourth-order valence-electron chi connectivity index (χ4n) is 14.7. The molecule has 82 heavy (non-hydrogen) atoms. The van der Waals surface area contributed by atoms with Crippen LogP contribution in [0.3, 0.4) is 0 Å². The van der Waals surface area contributed by atoms with Gasteiger partial charge in [0.05, 0.1) is 11.1 Å². The molecule has 2 atom stereocenters. The highest BCUT2D eigenvalue weighted by Gasteiger charge is 2.51. The van der Waals surface area contributed by atoms with Gasteiger partial charge in [-0.15, -0.1) is 0 Å². The van der Waals surface area contributed by atoms with E-state index in [1.807, 2.05) is 75.6 Å². The average molecular weight is 1110 g/mol. The second-order valence-electron chi connectivity index (χ2n) is 25.3. The van der Waals surface area contributed by atoms with Crippen LogP contribution in [0, 0.1) is 25.7 Å². The van der Waals surface area contributed by atoms with E-state index >= 15 is 0 Å². The molecular formula is C68H82N6O8. The largest absolute Gasteiger partial charge is 0.448 e. The molecule has 14 nitrogen and oxygen atoms in total. The van der Waals surface area contributed by atoms with Crippen LogP contribution in [0.1, 0.15) is 149 Å². The summed E-state index contributed by atoms with van der Waals surface area (Å²) in [4.78, 5) is 71.0. The number of allylic oxidation sites excluding steroid dienone is 6. The number of hydrogen-bond donors (Lipinski definition) is 0. The van der Waals surface area contributed by atoms with E-state index in [2.05, 4.69) is 74.0 Å². The Hall–Kier alpha value is -6.90. The quantitative estimate of drug-likeness (QED) is 0.149. The van der Waals surface area contributed by atoms with E-state index in [9.17, 15) is 19.2 Å². The van der Waals surface area contributed by atoms with Crippen LogP contribution < -0.4 is 18.9 Å². The highest BCUT2D eigenvalue weighted by atomic mass is 16.7. The maximum absolute atomic E-state index is 14.2. The zero-order valence-corrected chi connectivity index (χ0v) is 50.3. The number of ether oxygens (including phenoxy) is 4. The van der Waals surface area contributed by atoms with Gasteiger partial charge in [-0.2, -0.15) is 0 Å². The van der Waals surface area contributed by atoms with Crippen molar-refractivity contribution in [1.29, 1.82) is 0 Å². The average Bonchev–Trinajstić information content (AvgIpc) is 3.45. The Morgan fingerprint density at radius 3 is 1.17 bits per heavy atom. The van der Waals surface area contributed by atoms with Gasteiger partial charge in [-0.3, -0.25) is 29.1 Å². The Labute approximate surface area is 484 Å². The standard InChI is InChI=1S/2C34H41N3O4/c2*1-20-17-21(2)27(28(38)18-20)19-37-16-13-26-29(33(37)39)22(3)31-32(30(26)23-11-14-35-15-12-23)41-34(4,40-31)24-7-9-25(10-8-24)36(5)6/h2*11-12,14-15,17,24-25H,7-10,13,16,18-19H2,1-6H3/t2*24?,25?,34-/m10/s1. The summed E-state index contributed by atoms with van der Waals surface area (Å²) in [6, 6.07) is 9.08. The van der Waals surface area contributed by atoms with Crippen molar-refractivity contribution >= 4 is 23.4 Å². The molecule has 2 aromatic carbocycles. The summed E-state index contributed by atoms with van der Waals surface area (Å²) >= 11 is 0. The minimum absolute atomic E-state index is 0.0510. The van der Waals surface area contributed by atoms with E-state index in [-0.39, 0.29) is 35.2 Å². The Balaban J connectivity index is 0.000000172. The first-order valence-electron chi connectivity index (χ1n) is 29.8. The van der Waals surface area contributed by atoms with Crippen LogP contribution in [0.4, 0.5) is 0 Å². The van der Waals surface area contributed by atoms with Crippen LogP contribution in [0.15, 0.2) is 94.6 Å². The molecule has 432 valence electrons. The topological polar surface area (TPSA) is 144 Å². The number of nitrogens with zero attached hydrogens (tertiary/aromatic N) is 6. The fraction of sp³-hybridized carbons (Fsp3) is 0.500. The van der Waals surface area contributed by atoms with Gasteiger partial charge >= 0.3 is 0 Å². The van der Waals surface area contributed by atoms with Crippen LogP contribution in [-0.4, -0.2) is 131 Å². The van der Waals surface area contributed by atoms with E-state index in [1.54, 1.807) is 24.8 Å². The summed E-state index contributed by atoms with van der Waals surface area (Å²) in [5.41, 5.74) is 14.3. The van der Waals surface area contributed by atoms with Gasteiger partial charge in [0.15, 0.2) is 34.6 Å². The first-order chi connectivity index (χ1) is 39.1. The minimum Gasteiger partial charge on any atom is -0.448 e. The van der Waals surface area contributed by atoms with E-state index < -0.39 is 11.6 Å². The normalized spacial score (nSPS) is 26.0. The van der Waals surface area contributed by atoms with Crippen molar-refractivity contribution < 1.29 is 38.1 Å². The van der Waals surface area contributed by atoms with E-state index in [0.717, 1.165) is 141 Å². The molecule has 2 fully saturated rings. The van der Waals surface area contributed by atoms with Gasteiger partial charge in [-0.1, -0.05) is 23.3 Å². The minimum atomic E-state index is -0.792. The Morgan fingerprint density at radius 1 is 0.500 bits per heavy atom. The molecule has 14 heteroatoms. The maximum Gasteiger partial charge on any atom is 0.254 e. The van der Waals surface area contributed by atoms with Crippen molar-refractivity contribution in [2.24, 2.45) is 11.8 Å². The van der Waals surface area contributed by atoms with Crippen molar-refractivity contribution in [3.05, 3.63) is 128 Å². The molecule has 12 rings (SSSR count). The number of amides is 2. The number of hydrogen-bond acceptors (Lipinski definition) is 12. The molecule has 8 aliphatic rings. The van der Waals surface area contributed by atoms with Crippen molar-refractivity contribution in [3.8, 4) is 45.3 Å². The molecule has 0 N–H and O–H groups in total. The van der Waals surface area contributed by atoms with Crippen molar-refractivity contribution in [2.75, 3.05) is 54.4 Å². The first-order valence-corrected chi connectivity index (χ1v) is 29.8.